The Balaban J connectivity index is 4.98. The second-order valence-electron chi connectivity index (χ2n) is 2.64. The van der Waals surface area contributed by atoms with E-state index in [1.807, 2.05) is 0 Å². The molecule has 0 rings (SSSR count). The predicted molar refractivity (Wildman–Crippen MR) is 50.2 cm³/mol. The molecule has 0 spiro atoms. The van der Waals surface area contributed by atoms with Crippen molar-refractivity contribution in [3.05, 3.63) is 0 Å². The molecule has 15 nitrogen and oxygen atoms in total. The number of hydrogen-bond acceptors (Lipinski definition) is 15. The number of carbonyl (C=O) groups is 6. The maximum atomic E-state index is 10.9. The largest absolute Gasteiger partial charge is 1.20 e. The molecule has 120 valence electrons. The van der Waals surface area contributed by atoms with Crippen molar-refractivity contribution in [2.24, 2.45) is 0 Å². The standard InChI is InChI=1S/3C2H2O5.Al/c3*3-1(4)2(5)7-6;/h3*6H,(H,3,4);/q;;;+3/p-3. The molecule has 0 radical (unpaired) electrons. The van der Waals surface area contributed by atoms with E-state index in [1.54, 1.807) is 0 Å². The highest BCUT2D eigenvalue weighted by Gasteiger charge is 2.53. The third-order valence-electron chi connectivity index (χ3n) is 1.36. The van der Waals surface area contributed by atoms with Gasteiger partial charge in [-0.1, -0.05) is 0 Å². The minimum absolute atomic E-state index is 2.04. The fraction of sp³-hybridized carbons (Fsp3) is 0. The van der Waals surface area contributed by atoms with Gasteiger partial charge in [-0.15, -0.1) is 0 Å². The van der Waals surface area contributed by atoms with E-state index in [0.29, 0.717) is 0 Å². The number of hydrogen-bond donors (Lipinski definition) is 3. The number of rotatable bonds is 3. The van der Waals surface area contributed by atoms with Crippen molar-refractivity contribution >= 4 is 51.0 Å². The molecule has 0 aromatic rings. The Bertz CT molecular complexity index is 423. The molecule has 0 saturated heterocycles. The van der Waals surface area contributed by atoms with Crippen molar-refractivity contribution in [2.45, 2.75) is 0 Å². The van der Waals surface area contributed by atoms with Gasteiger partial charge in [-0.05, 0) is 0 Å². The molecule has 22 heavy (non-hydrogen) atoms. The summed E-state index contributed by atoms with van der Waals surface area (Å²) in [5, 5.41) is 23.6. The highest BCUT2D eigenvalue weighted by atomic mass is 27.3. The first-order valence-electron chi connectivity index (χ1n) is 4.45. The Morgan fingerprint density at radius 1 is 0.500 bits per heavy atom. The summed E-state index contributed by atoms with van der Waals surface area (Å²) in [4.78, 5) is 73.0. The van der Waals surface area contributed by atoms with Gasteiger partial charge in [0.25, 0.3) is 0 Å². The molecule has 0 aliphatic carbocycles. The zero-order chi connectivity index (χ0) is 17.3. The van der Waals surface area contributed by atoms with E-state index >= 15 is 0 Å². The summed E-state index contributed by atoms with van der Waals surface area (Å²) in [7, 11) is 0. The Kier molecular flexibility index (Phi) is 8.06. The van der Waals surface area contributed by atoms with E-state index in [4.69, 9.17) is 15.8 Å². The van der Waals surface area contributed by atoms with Gasteiger partial charge in [0.1, 0.15) is 0 Å². The monoisotopic (exact) mass is 342 g/mol. The van der Waals surface area contributed by atoms with Gasteiger partial charge < -0.3 is 11.4 Å². The van der Waals surface area contributed by atoms with Crippen LogP contribution in [0.1, 0.15) is 0 Å². The fourth-order valence-corrected chi connectivity index (χ4v) is 1.55. The number of carbonyl (C=O) groups excluding carboxylic acids is 6. The van der Waals surface area contributed by atoms with Gasteiger partial charge in [-0.25, -0.2) is 28.8 Å². The Hall–Kier alpha value is -2.77. The zero-order valence-electron chi connectivity index (χ0n) is 9.82. The van der Waals surface area contributed by atoms with Crippen LogP contribution in [0, 0.1) is 0 Å². The molecular weight excluding hydrogens is 339 g/mol. The van der Waals surface area contributed by atoms with E-state index in [1.165, 1.54) is 0 Å². The summed E-state index contributed by atoms with van der Waals surface area (Å²) in [6.45, 7) is 0. The van der Waals surface area contributed by atoms with Crippen molar-refractivity contribution in [3.63, 3.8) is 0 Å². The van der Waals surface area contributed by atoms with Crippen LogP contribution in [-0.4, -0.2) is 66.7 Å². The van der Waals surface area contributed by atoms with Gasteiger partial charge in [0.2, 0.25) is 0 Å². The van der Waals surface area contributed by atoms with E-state index in [0.717, 1.165) is 0 Å². The SMILES string of the molecule is O=C(OO)C(=O)[O][Al]([O]C(=O)C(=O)OO)[O]C(=O)C(=O)OO. The average molecular weight is 342 g/mol. The van der Waals surface area contributed by atoms with Crippen molar-refractivity contribution in [1.82, 2.24) is 0 Å². The molecule has 16 heteroatoms. The van der Waals surface area contributed by atoms with Crippen LogP contribution in [0.2, 0.25) is 0 Å². The average Bonchev–Trinajstić information content (AvgIpc) is 2.51. The Labute approximate surface area is 122 Å². The van der Waals surface area contributed by atoms with Gasteiger partial charge in [0.05, 0.1) is 0 Å². The lowest BCUT2D eigenvalue weighted by atomic mass is 10.7. The molecule has 0 aliphatic heterocycles. The maximum Gasteiger partial charge on any atom is 1.20 e. The van der Waals surface area contributed by atoms with Crippen LogP contribution in [0.3, 0.4) is 0 Å². The summed E-state index contributed by atoms with van der Waals surface area (Å²) in [6.07, 6.45) is 0. The van der Waals surface area contributed by atoms with E-state index in [9.17, 15) is 28.8 Å². The first-order valence-corrected chi connectivity index (χ1v) is 5.87. The summed E-state index contributed by atoms with van der Waals surface area (Å²) in [5.41, 5.74) is 0. The molecule has 0 aromatic heterocycles. The van der Waals surface area contributed by atoms with E-state index < -0.39 is 51.0 Å². The lowest BCUT2D eigenvalue weighted by Crippen LogP contribution is -2.40. The normalized spacial score (nSPS) is 8.86. The molecule has 0 amide bonds. The molecule has 0 aliphatic rings. The van der Waals surface area contributed by atoms with Crippen LogP contribution in [0.15, 0.2) is 0 Å². The Morgan fingerprint density at radius 2 is 0.727 bits per heavy atom. The highest BCUT2D eigenvalue weighted by molar-refractivity contribution is 6.53. The lowest BCUT2D eigenvalue weighted by molar-refractivity contribution is -0.238. The minimum atomic E-state index is -4.40. The first kappa shape index (κ1) is 19.2. The molecule has 0 unspecified atom stereocenters. The van der Waals surface area contributed by atoms with Crippen molar-refractivity contribution in [1.29, 1.82) is 0 Å². The third kappa shape index (κ3) is 6.12. The van der Waals surface area contributed by atoms with Gasteiger partial charge in [0.15, 0.2) is 0 Å². The Morgan fingerprint density at radius 3 is 0.909 bits per heavy atom. The molecule has 0 fully saturated rings. The minimum Gasteiger partial charge on any atom is -0.542 e. The summed E-state index contributed by atoms with van der Waals surface area (Å²) < 4.78 is 11.8. The van der Waals surface area contributed by atoms with Gasteiger partial charge in [-0.2, -0.15) is 15.8 Å². The van der Waals surface area contributed by atoms with Crippen LogP contribution >= 0.6 is 0 Å². The molecule has 0 heterocycles. The summed E-state index contributed by atoms with van der Waals surface area (Å²) >= 11 is -4.40. The fourth-order valence-electron chi connectivity index (χ4n) is 0.590. The van der Waals surface area contributed by atoms with Crippen molar-refractivity contribution in [3.8, 4) is 0 Å². The van der Waals surface area contributed by atoms with E-state index in [-0.39, 0.29) is 0 Å². The van der Waals surface area contributed by atoms with Crippen molar-refractivity contribution in [2.75, 3.05) is 0 Å². The maximum absolute atomic E-state index is 10.9. The van der Waals surface area contributed by atoms with Crippen LogP contribution in [0.5, 0.6) is 0 Å². The molecule has 0 bridgehead atoms. The highest BCUT2D eigenvalue weighted by Crippen LogP contribution is 1.99. The third-order valence-corrected chi connectivity index (χ3v) is 2.58. The molecule has 0 atom stereocenters. The lowest BCUT2D eigenvalue weighted by Gasteiger charge is -2.10. The van der Waals surface area contributed by atoms with Gasteiger partial charge in [-0.3, -0.25) is 14.7 Å². The zero-order valence-corrected chi connectivity index (χ0v) is 11.0. The predicted octanol–water partition coefficient (Wildman–Crippen LogP) is -3.35. The smallest absolute Gasteiger partial charge is 0.542 e. The van der Waals surface area contributed by atoms with Crippen LogP contribution in [-0.2, 0) is 54.8 Å². The van der Waals surface area contributed by atoms with Gasteiger partial charge >= 0.3 is 51.0 Å². The second kappa shape index (κ2) is 9.22. The molecular formula is C6H3AlO15. The van der Waals surface area contributed by atoms with Crippen molar-refractivity contribution < 1.29 is 70.6 Å². The second-order valence-corrected chi connectivity index (χ2v) is 3.93. The van der Waals surface area contributed by atoms with Gasteiger partial charge in [0, 0.05) is 0 Å². The summed E-state index contributed by atoms with van der Waals surface area (Å²) in [6, 6.07) is 0. The topological polar surface area (TPSA) is 218 Å². The van der Waals surface area contributed by atoms with Crippen LogP contribution in [0.4, 0.5) is 0 Å². The molecule has 3 N–H and O–H groups in total. The molecule has 0 aromatic carbocycles. The summed E-state index contributed by atoms with van der Waals surface area (Å²) in [5.74, 6) is -12.3. The van der Waals surface area contributed by atoms with Crippen LogP contribution in [0.25, 0.3) is 0 Å². The van der Waals surface area contributed by atoms with E-state index in [2.05, 4.69) is 26.0 Å². The van der Waals surface area contributed by atoms with Crippen LogP contribution < -0.4 is 0 Å². The molecule has 0 saturated carbocycles. The quantitative estimate of drug-likeness (QED) is 0.150. The first-order chi connectivity index (χ1) is 10.3.